The van der Waals surface area contributed by atoms with E-state index in [9.17, 15) is 4.79 Å². The molecule has 1 aromatic heterocycles. The lowest BCUT2D eigenvalue weighted by atomic mass is 10.1. The smallest absolute Gasteiger partial charge is 0.253 e. The first kappa shape index (κ1) is 23.8. The summed E-state index contributed by atoms with van der Waals surface area (Å²) >= 11 is 1.62. The Labute approximate surface area is 183 Å². The summed E-state index contributed by atoms with van der Waals surface area (Å²) in [6.07, 6.45) is 0.773. The summed E-state index contributed by atoms with van der Waals surface area (Å²) < 4.78 is 5.35. The number of carbonyl (C=O) groups excluding carboxylic acids is 1. The van der Waals surface area contributed by atoms with Crippen molar-refractivity contribution in [2.24, 2.45) is 4.99 Å². The first-order chi connectivity index (χ1) is 14.3. The zero-order valence-corrected chi connectivity index (χ0v) is 19.6. The Balaban J connectivity index is 2.01. The molecule has 0 saturated heterocycles. The third-order valence-corrected chi connectivity index (χ3v) is 5.66. The number of benzene rings is 1. The molecule has 30 heavy (non-hydrogen) atoms. The maximum atomic E-state index is 12.2. The van der Waals surface area contributed by atoms with Gasteiger partial charge in [0.2, 0.25) is 0 Å². The first-order valence-corrected chi connectivity index (χ1v) is 11.0. The highest BCUT2D eigenvalue weighted by Crippen LogP contribution is 2.21. The quantitative estimate of drug-likeness (QED) is 0.488. The maximum Gasteiger partial charge on any atom is 0.253 e. The van der Waals surface area contributed by atoms with Gasteiger partial charge in [-0.25, -0.2) is 4.98 Å². The Morgan fingerprint density at radius 3 is 2.77 bits per heavy atom. The molecule has 0 aliphatic heterocycles. The van der Waals surface area contributed by atoms with Crippen LogP contribution in [0, 0.1) is 0 Å². The van der Waals surface area contributed by atoms with E-state index in [1.54, 1.807) is 37.4 Å². The molecule has 164 valence electrons. The Kier molecular flexibility index (Phi) is 9.26. The number of amides is 1. The first-order valence-electron chi connectivity index (χ1n) is 10.1. The highest BCUT2D eigenvalue weighted by molar-refractivity contribution is 7.09. The van der Waals surface area contributed by atoms with E-state index in [0.717, 1.165) is 35.2 Å². The second kappa shape index (κ2) is 11.7. The van der Waals surface area contributed by atoms with E-state index in [1.165, 1.54) is 0 Å². The predicted molar refractivity (Wildman–Crippen MR) is 123 cm³/mol. The van der Waals surface area contributed by atoms with Gasteiger partial charge in [-0.1, -0.05) is 12.1 Å². The molecular formula is C22H33N5O2S. The van der Waals surface area contributed by atoms with Crippen LogP contribution >= 0.6 is 11.3 Å². The highest BCUT2D eigenvalue weighted by Gasteiger charge is 2.13. The van der Waals surface area contributed by atoms with E-state index < -0.39 is 0 Å². The van der Waals surface area contributed by atoms with Crippen LogP contribution in [0.15, 0.2) is 34.6 Å². The minimum Gasteiger partial charge on any atom is -0.375 e. The van der Waals surface area contributed by atoms with Crippen LogP contribution in [0.2, 0.25) is 0 Å². The van der Waals surface area contributed by atoms with Gasteiger partial charge in [0, 0.05) is 52.3 Å². The third-order valence-electron chi connectivity index (χ3n) is 4.61. The number of nitrogens with zero attached hydrogens (tertiary/aromatic N) is 4. The number of nitrogens with one attached hydrogen (secondary N) is 1. The fourth-order valence-electron chi connectivity index (χ4n) is 2.88. The SMILES string of the molecule is CCNC(=NCCc1cccc(C(=O)N(C)C)c1)N(C)Cc1csc(C(C)OC)n1. The van der Waals surface area contributed by atoms with Gasteiger partial charge in [0.05, 0.1) is 12.2 Å². The van der Waals surface area contributed by atoms with E-state index >= 15 is 0 Å². The number of carbonyl (C=O) groups is 1. The van der Waals surface area contributed by atoms with Crippen molar-refractivity contribution in [3.8, 4) is 0 Å². The van der Waals surface area contributed by atoms with E-state index in [1.807, 2.05) is 38.2 Å². The topological polar surface area (TPSA) is 70.1 Å². The van der Waals surface area contributed by atoms with Crippen molar-refractivity contribution in [2.45, 2.75) is 32.9 Å². The van der Waals surface area contributed by atoms with E-state index in [2.05, 4.69) is 27.5 Å². The fraction of sp³-hybridized carbons (Fsp3) is 0.500. The standard InChI is InChI=1S/C22H33N5O2S/c1-7-23-22(27(5)14-19-15-30-20(25-19)16(2)29-6)24-12-11-17-9-8-10-18(13-17)21(28)26(3)4/h8-10,13,15-16H,7,11-12,14H2,1-6H3,(H,23,24). The van der Waals surface area contributed by atoms with Crippen molar-refractivity contribution < 1.29 is 9.53 Å². The highest BCUT2D eigenvalue weighted by atomic mass is 32.1. The van der Waals surface area contributed by atoms with E-state index in [0.29, 0.717) is 18.7 Å². The molecule has 0 fully saturated rings. The summed E-state index contributed by atoms with van der Waals surface area (Å²) in [7, 11) is 7.23. The number of guanidine groups is 1. The number of rotatable bonds is 9. The summed E-state index contributed by atoms with van der Waals surface area (Å²) in [4.78, 5) is 25.2. The summed E-state index contributed by atoms with van der Waals surface area (Å²) in [6, 6.07) is 7.75. The number of aromatic nitrogens is 1. The zero-order chi connectivity index (χ0) is 22.1. The van der Waals surface area contributed by atoms with Gasteiger partial charge >= 0.3 is 0 Å². The molecule has 1 unspecified atom stereocenters. The molecule has 7 nitrogen and oxygen atoms in total. The van der Waals surface area contributed by atoms with Crippen molar-refractivity contribution in [3.05, 3.63) is 51.5 Å². The molecule has 1 atom stereocenters. The van der Waals surface area contributed by atoms with E-state index in [4.69, 9.17) is 9.73 Å². The van der Waals surface area contributed by atoms with Crippen LogP contribution < -0.4 is 5.32 Å². The van der Waals surface area contributed by atoms with Gasteiger partial charge < -0.3 is 19.9 Å². The third kappa shape index (κ3) is 6.81. The van der Waals surface area contributed by atoms with Crippen LogP contribution in [0.25, 0.3) is 0 Å². The summed E-state index contributed by atoms with van der Waals surface area (Å²) in [5.74, 6) is 0.853. The predicted octanol–water partition coefficient (Wildman–Crippen LogP) is 3.19. The number of hydrogen-bond donors (Lipinski definition) is 1. The van der Waals surface area contributed by atoms with Crippen molar-refractivity contribution in [1.29, 1.82) is 0 Å². The molecule has 0 aliphatic carbocycles. The molecule has 1 heterocycles. The molecule has 0 radical (unpaired) electrons. The molecule has 2 aromatic rings. The Bertz CT molecular complexity index is 850. The fourth-order valence-corrected chi connectivity index (χ4v) is 3.72. The molecule has 0 saturated carbocycles. The van der Waals surface area contributed by atoms with Crippen LogP contribution in [0.4, 0.5) is 0 Å². The van der Waals surface area contributed by atoms with Gasteiger partial charge in [-0.2, -0.15) is 0 Å². The van der Waals surface area contributed by atoms with Gasteiger partial charge in [0.25, 0.3) is 5.91 Å². The minimum absolute atomic E-state index is 0.00565. The molecule has 1 aromatic carbocycles. The number of thiazole rings is 1. The van der Waals surface area contributed by atoms with Gasteiger partial charge in [0.1, 0.15) is 11.1 Å². The largest absolute Gasteiger partial charge is 0.375 e. The molecule has 1 N–H and O–H groups in total. The molecular weight excluding hydrogens is 398 g/mol. The molecule has 0 bridgehead atoms. The van der Waals surface area contributed by atoms with Crippen LogP contribution in [0.5, 0.6) is 0 Å². The van der Waals surface area contributed by atoms with Crippen molar-refractivity contribution in [1.82, 2.24) is 20.1 Å². The van der Waals surface area contributed by atoms with Crippen molar-refractivity contribution in [3.63, 3.8) is 0 Å². The molecule has 8 heteroatoms. The minimum atomic E-state index is 0.00565. The van der Waals surface area contributed by atoms with Gasteiger partial charge in [-0.15, -0.1) is 11.3 Å². The summed E-state index contributed by atoms with van der Waals surface area (Å²) in [5.41, 5.74) is 2.81. The summed E-state index contributed by atoms with van der Waals surface area (Å²) in [6.45, 7) is 6.15. The van der Waals surface area contributed by atoms with Crippen LogP contribution in [0.1, 0.15) is 46.6 Å². The monoisotopic (exact) mass is 431 g/mol. The van der Waals surface area contributed by atoms with Crippen LogP contribution in [-0.4, -0.2) is 68.0 Å². The number of ether oxygens (including phenoxy) is 1. The van der Waals surface area contributed by atoms with Gasteiger partial charge in [-0.3, -0.25) is 9.79 Å². The second-order valence-electron chi connectivity index (χ2n) is 7.30. The van der Waals surface area contributed by atoms with Crippen LogP contribution in [0.3, 0.4) is 0 Å². The number of aliphatic imine (C=N–C) groups is 1. The molecule has 2 rings (SSSR count). The lowest BCUT2D eigenvalue weighted by Crippen LogP contribution is -2.38. The molecule has 1 amide bonds. The zero-order valence-electron chi connectivity index (χ0n) is 18.8. The second-order valence-corrected chi connectivity index (χ2v) is 8.19. The number of methoxy groups -OCH3 is 1. The normalized spacial score (nSPS) is 12.5. The summed E-state index contributed by atoms with van der Waals surface area (Å²) in [5, 5.41) is 6.39. The maximum absolute atomic E-state index is 12.2. The van der Waals surface area contributed by atoms with Crippen molar-refractivity contribution >= 4 is 23.2 Å². The molecule has 0 spiro atoms. The Hall–Kier alpha value is -2.45. The van der Waals surface area contributed by atoms with Crippen LogP contribution in [-0.2, 0) is 17.7 Å². The molecule has 0 aliphatic rings. The van der Waals surface area contributed by atoms with Gasteiger partial charge in [0.15, 0.2) is 5.96 Å². The van der Waals surface area contributed by atoms with Crippen molar-refractivity contribution in [2.75, 3.05) is 41.3 Å². The average molecular weight is 432 g/mol. The Morgan fingerprint density at radius 1 is 1.33 bits per heavy atom. The van der Waals surface area contributed by atoms with E-state index in [-0.39, 0.29) is 12.0 Å². The Morgan fingerprint density at radius 2 is 2.10 bits per heavy atom. The lowest BCUT2D eigenvalue weighted by molar-refractivity contribution is 0.0827. The average Bonchev–Trinajstić information content (AvgIpc) is 3.20. The number of hydrogen-bond acceptors (Lipinski definition) is 5. The van der Waals surface area contributed by atoms with Gasteiger partial charge in [-0.05, 0) is 38.0 Å². The lowest BCUT2D eigenvalue weighted by Gasteiger charge is -2.21.